The van der Waals surface area contributed by atoms with E-state index in [4.69, 9.17) is 5.26 Å². The summed E-state index contributed by atoms with van der Waals surface area (Å²) in [4.78, 5) is 6.87. The zero-order valence-corrected chi connectivity index (χ0v) is 11.6. The van der Waals surface area contributed by atoms with E-state index in [0.717, 1.165) is 23.6 Å². The molecule has 2 heterocycles. The second-order valence-electron chi connectivity index (χ2n) is 4.25. The molecule has 1 N–H and O–H groups in total. The first kappa shape index (κ1) is 12.6. The predicted octanol–water partition coefficient (Wildman–Crippen LogP) is 3.55. The Balaban J connectivity index is 2.21. The SMILES string of the molecule is Cc1cc(NCc2ccc(C)s2)c(C#N)c(C)n1. The van der Waals surface area contributed by atoms with E-state index >= 15 is 0 Å². The summed E-state index contributed by atoms with van der Waals surface area (Å²) in [6.45, 7) is 6.65. The summed E-state index contributed by atoms with van der Waals surface area (Å²) in [5, 5.41) is 12.5. The Bertz CT molecular complexity index is 608. The van der Waals surface area contributed by atoms with E-state index in [1.165, 1.54) is 9.75 Å². The van der Waals surface area contributed by atoms with Gasteiger partial charge in [0, 0.05) is 22.0 Å². The highest BCUT2D eigenvalue weighted by Crippen LogP contribution is 2.21. The fraction of sp³-hybridized carbons (Fsp3) is 0.286. The van der Waals surface area contributed by atoms with Crippen molar-refractivity contribution in [1.82, 2.24) is 4.98 Å². The van der Waals surface area contributed by atoms with Gasteiger partial charge in [-0.05, 0) is 39.0 Å². The lowest BCUT2D eigenvalue weighted by Gasteiger charge is -2.09. The normalized spacial score (nSPS) is 10.1. The quantitative estimate of drug-likeness (QED) is 0.914. The fourth-order valence-electron chi connectivity index (χ4n) is 1.87. The highest BCUT2D eigenvalue weighted by atomic mass is 32.1. The second kappa shape index (κ2) is 5.19. The molecule has 3 nitrogen and oxygen atoms in total. The first-order valence-corrected chi connectivity index (χ1v) is 6.59. The van der Waals surface area contributed by atoms with Crippen molar-refractivity contribution in [2.24, 2.45) is 0 Å². The van der Waals surface area contributed by atoms with Crippen LogP contribution in [0.3, 0.4) is 0 Å². The van der Waals surface area contributed by atoms with E-state index in [1.807, 2.05) is 19.9 Å². The van der Waals surface area contributed by atoms with Crippen LogP contribution < -0.4 is 5.32 Å². The smallest absolute Gasteiger partial charge is 0.103 e. The summed E-state index contributed by atoms with van der Waals surface area (Å²) < 4.78 is 0. The number of anilines is 1. The fourth-order valence-corrected chi connectivity index (χ4v) is 2.70. The summed E-state index contributed by atoms with van der Waals surface area (Å²) in [7, 11) is 0. The molecular weight excluding hydrogens is 242 g/mol. The van der Waals surface area contributed by atoms with Crippen LogP contribution in [0, 0.1) is 32.1 Å². The molecule has 2 aromatic heterocycles. The van der Waals surface area contributed by atoms with Gasteiger partial charge in [0.2, 0.25) is 0 Å². The van der Waals surface area contributed by atoms with Crippen LogP contribution in [0.1, 0.15) is 26.7 Å². The van der Waals surface area contributed by atoms with E-state index in [-0.39, 0.29) is 0 Å². The molecule has 0 atom stereocenters. The molecule has 0 unspecified atom stereocenters. The number of hydrogen-bond acceptors (Lipinski definition) is 4. The van der Waals surface area contributed by atoms with Crippen molar-refractivity contribution in [3.63, 3.8) is 0 Å². The van der Waals surface area contributed by atoms with Crippen molar-refractivity contribution in [3.05, 3.63) is 44.9 Å². The molecule has 0 saturated carbocycles. The molecule has 0 radical (unpaired) electrons. The molecule has 2 rings (SSSR count). The lowest BCUT2D eigenvalue weighted by atomic mass is 10.1. The molecule has 4 heteroatoms. The van der Waals surface area contributed by atoms with E-state index in [2.05, 4.69) is 35.4 Å². The first-order chi connectivity index (χ1) is 8.60. The molecule has 92 valence electrons. The van der Waals surface area contributed by atoms with Crippen molar-refractivity contribution < 1.29 is 0 Å². The molecule has 0 bridgehead atoms. The maximum absolute atomic E-state index is 9.16. The minimum absolute atomic E-state index is 0.633. The summed E-state index contributed by atoms with van der Waals surface area (Å²) in [5.74, 6) is 0. The highest BCUT2D eigenvalue weighted by Gasteiger charge is 2.08. The zero-order chi connectivity index (χ0) is 13.1. The lowest BCUT2D eigenvalue weighted by molar-refractivity contribution is 1.09. The summed E-state index contributed by atoms with van der Waals surface area (Å²) in [5.41, 5.74) is 3.21. The summed E-state index contributed by atoms with van der Waals surface area (Å²) >= 11 is 1.77. The van der Waals surface area contributed by atoms with Crippen LogP contribution in [-0.4, -0.2) is 4.98 Å². The third-order valence-corrected chi connectivity index (χ3v) is 3.69. The Kier molecular flexibility index (Phi) is 3.63. The lowest BCUT2D eigenvalue weighted by Crippen LogP contribution is -2.03. The number of thiophene rings is 1. The molecule has 2 aromatic rings. The van der Waals surface area contributed by atoms with Crippen molar-refractivity contribution in [1.29, 1.82) is 5.26 Å². The van der Waals surface area contributed by atoms with Gasteiger partial charge in [-0.3, -0.25) is 4.98 Å². The van der Waals surface area contributed by atoms with Gasteiger partial charge in [0.15, 0.2) is 0 Å². The Morgan fingerprint density at radius 2 is 2.11 bits per heavy atom. The molecule has 0 amide bonds. The van der Waals surface area contributed by atoms with E-state index < -0.39 is 0 Å². The van der Waals surface area contributed by atoms with Crippen LogP contribution in [0.5, 0.6) is 0 Å². The van der Waals surface area contributed by atoms with E-state index in [1.54, 1.807) is 11.3 Å². The van der Waals surface area contributed by atoms with E-state index in [9.17, 15) is 0 Å². The second-order valence-corrected chi connectivity index (χ2v) is 5.62. The first-order valence-electron chi connectivity index (χ1n) is 5.77. The zero-order valence-electron chi connectivity index (χ0n) is 10.7. The maximum Gasteiger partial charge on any atom is 0.103 e. The highest BCUT2D eigenvalue weighted by molar-refractivity contribution is 7.11. The largest absolute Gasteiger partial charge is 0.379 e. The van der Waals surface area contributed by atoms with Crippen LogP contribution in [0.4, 0.5) is 5.69 Å². The molecule has 0 aromatic carbocycles. The molecule has 0 aliphatic carbocycles. The summed E-state index contributed by atoms with van der Waals surface area (Å²) in [6, 6.07) is 8.35. The van der Waals surface area contributed by atoms with Gasteiger partial charge in [-0.25, -0.2) is 0 Å². The van der Waals surface area contributed by atoms with Gasteiger partial charge in [0.25, 0.3) is 0 Å². The molecule has 18 heavy (non-hydrogen) atoms. The van der Waals surface area contributed by atoms with Crippen molar-refractivity contribution in [2.75, 3.05) is 5.32 Å². The number of nitriles is 1. The van der Waals surface area contributed by atoms with Gasteiger partial charge in [-0.2, -0.15) is 5.26 Å². The number of nitrogens with zero attached hydrogens (tertiary/aromatic N) is 2. The van der Waals surface area contributed by atoms with Gasteiger partial charge in [-0.15, -0.1) is 11.3 Å². The van der Waals surface area contributed by atoms with Gasteiger partial charge in [-0.1, -0.05) is 0 Å². The van der Waals surface area contributed by atoms with Crippen LogP contribution in [0.2, 0.25) is 0 Å². The molecule has 0 aliphatic heterocycles. The number of pyridine rings is 1. The van der Waals surface area contributed by atoms with Crippen LogP contribution in [0.25, 0.3) is 0 Å². The minimum Gasteiger partial charge on any atom is -0.379 e. The number of hydrogen-bond donors (Lipinski definition) is 1. The van der Waals surface area contributed by atoms with Gasteiger partial charge < -0.3 is 5.32 Å². The van der Waals surface area contributed by atoms with Crippen molar-refractivity contribution in [2.45, 2.75) is 27.3 Å². The van der Waals surface area contributed by atoms with Gasteiger partial charge >= 0.3 is 0 Å². The Hall–Kier alpha value is -1.86. The molecular formula is C14H15N3S. The van der Waals surface area contributed by atoms with Crippen molar-refractivity contribution >= 4 is 17.0 Å². The predicted molar refractivity (Wildman–Crippen MR) is 74.8 cm³/mol. The summed E-state index contributed by atoms with van der Waals surface area (Å²) in [6.07, 6.45) is 0. The Morgan fingerprint density at radius 3 is 2.72 bits per heavy atom. The monoisotopic (exact) mass is 257 g/mol. The van der Waals surface area contributed by atoms with Gasteiger partial charge in [0.1, 0.15) is 6.07 Å². The van der Waals surface area contributed by atoms with Crippen LogP contribution in [-0.2, 0) is 6.54 Å². The standard InChI is InChI=1S/C14H15N3S/c1-9-6-14(13(7-15)11(3)17-9)16-8-12-5-4-10(2)18-12/h4-6H,8H2,1-3H3,(H,16,17). The van der Waals surface area contributed by atoms with Gasteiger partial charge in [0.05, 0.1) is 16.9 Å². The third kappa shape index (κ3) is 2.69. The molecule has 0 fully saturated rings. The van der Waals surface area contributed by atoms with E-state index in [0.29, 0.717) is 5.56 Å². The average Bonchev–Trinajstić information content (AvgIpc) is 2.72. The van der Waals surface area contributed by atoms with Crippen molar-refractivity contribution in [3.8, 4) is 6.07 Å². The Morgan fingerprint density at radius 1 is 1.33 bits per heavy atom. The molecule has 0 saturated heterocycles. The third-order valence-electron chi connectivity index (χ3n) is 2.69. The molecule has 0 spiro atoms. The number of nitrogens with one attached hydrogen (secondary N) is 1. The number of rotatable bonds is 3. The van der Waals surface area contributed by atoms with Crippen LogP contribution >= 0.6 is 11.3 Å². The number of aryl methyl sites for hydroxylation is 3. The maximum atomic E-state index is 9.16. The molecule has 0 aliphatic rings. The Labute approximate surface area is 111 Å². The minimum atomic E-state index is 0.633. The van der Waals surface area contributed by atoms with Crippen LogP contribution in [0.15, 0.2) is 18.2 Å². The topological polar surface area (TPSA) is 48.7 Å². The average molecular weight is 257 g/mol. The number of aromatic nitrogens is 1.